The number of thioether (sulfide) groups is 1. The van der Waals surface area contributed by atoms with Gasteiger partial charge in [-0.25, -0.2) is 4.79 Å². The Morgan fingerprint density at radius 3 is 2.22 bits per heavy atom. The van der Waals surface area contributed by atoms with E-state index in [0.29, 0.717) is 23.7 Å². The normalized spacial score (nSPS) is 28.3. The van der Waals surface area contributed by atoms with E-state index in [1.807, 2.05) is 60.7 Å². The molecule has 8 nitrogen and oxygen atoms in total. The van der Waals surface area contributed by atoms with E-state index in [1.54, 1.807) is 6.07 Å². The van der Waals surface area contributed by atoms with Crippen LogP contribution in [0.3, 0.4) is 0 Å². The first-order valence-corrected chi connectivity index (χ1v) is 19.0. The highest BCUT2D eigenvalue weighted by molar-refractivity contribution is 7.99. The van der Waals surface area contributed by atoms with Gasteiger partial charge in [0.2, 0.25) is 0 Å². The molecule has 260 valence electrons. The highest BCUT2D eigenvalue weighted by Crippen LogP contribution is 2.55. The fourth-order valence-electron chi connectivity index (χ4n) is 9.23. The van der Waals surface area contributed by atoms with Crippen LogP contribution in [0.2, 0.25) is 0 Å². The van der Waals surface area contributed by atoms with Crippen LogP contribution < -0.4 is 15.4 Å². The lowest BCUT2D eigenvalue weighted by Crippen LogP contribution is -2.61. The number of urea groups is 1. The number of carbonyl (C=O) groups is 1. The topological polar surface area (TPSA) is 107 Å². The molecule has 3 aromatic carbocycles. The van der Waals surface area contributed by atoms with Gasteiger partial charge < -0.3 is 30.4 Å². The molecule has 0 unspecified atom stereocenters. The molecule has 0 radical (unpaired) electrons. The SMILES string of the molecule is O=C(NCc1ccccc1-c1ccc([C@@H]2O[C@H](CSc3cccc[n+]3[O-])C[C@H](c3ccc(CO)cc3)O2)cc1)NC12CC3CC(CC(C3)C1)C2. The van der Waals surface area contributed by atoms with Gasteiger partial charge in [0.1, 0.15) is 0 Å². The summed E-state index contributed by atoms with van der Waals surface area (Å²) in [5.41, 5.74) is 5.95. The van der Waals surface area contributed by atoms with Gasteiger partial charge in [-0.2, -0.15) is 4.73 Å². The molecule has 5 fully saturated rings. The summed E-state index contributed by atoms with van der Waals surface area (Å²) in [6.45, 7) is 0.440. The first kappa shape index (κ1) is 33.3. The Hall–Kier alpha value is -3.89. The first-order valence-electron chi connectivity index (χ1n) is 18.0. The van der Waals surface area contributed by atoms with Gasteiger partial charge >= 0.3 is 6.03 Å². The van der Waals surface area contributed by atoms with Crippen molar-refractivity contribution in [3.05, 3.63) is 125 Å². The van der Waals surface area contributed by atoms with Crippen LogP contribution in [0.15, 0.2) is 102 Å². The molecule has 9 heteroatoms. The number of rotatable bonds is 10. The van der Waals surface area contributed by atoms with Crippen molar-refractivity contribution in [1.82, 2.24) is 10.6 Å². The van der Waals surface area contributed by atoms with Crippen LogP contribution in [0.5, 0.6) is 0 Å². The van der Waals surface area contributed by atoms with Crippen molar-refractivity contribution in [2.24, 2.45) is 17.8 Å². The van der Waals surface area contributed by atoms with E-state index >= 15 is 0 Å². The molecular weight excluding hydrogens is 647 g/mol. The summed E-state index contributed by atoms with van der Waals surface area (Å²) < 4.78 is 14.0. The van der Waals surface area contributed by atoms with Crippen LogP contribution >= 0.6 is 11.8 Å². The van der Waals surface area contributed by atoms with Gasteiger partial charge in [0.05, 0.1) is 18.8 Å². The molecule has 9 rings (SSSR count). The zero-order valence-electron chi connectivity index (χ0n) is 28.2. The molecule has 2 amide bonds. The number of hydrogen-bond acceptors (Lipinski definition) is 6. The quantitative estimate of drug-likeness (QED) is 0.0900. The second-order valence-electron chi connectivity index (χ2n) is 14.8. The van der Waals surface area contributed by atoms with Gasteiger partial charge in [0.25, 0.3) is 5.03 Å². The fraction of sp³-hybridized carbons (Fsp3) is 0.415. The molecule has 3 N–H and O–H groups in total. The van der Waals surface area contributed by atoms with Crippen LogP contribution in [-0.2, 0) is 22.6 Å². The summed E-state index contributed by atoms with van der Waals surface area (Å²) in [6, 6.07) is 29.7. The minimum atomic E-state index is -0.591. The predicted molar refractivity (Wildman–Crippen MR) is 193 cm³/mol. The van der Waals surface area contributed by atoms with E-state index < -0.39 is 6.29 Å². The monoisotopic (exact) mass is 691 g/mol. The molecule has 4 saturated carbocycles. The Morgan fingerprint density at radius 1 is 0.840 bits per heavy atom. The zero-order valence-corrected chi connectivity index (χ0v) is 29.0. The molecule has 2 heterocycles. The number of benzene rings is 3. The number of amides is 2. The van der Waals surface area contributed by atoms with E-state index in [0.717, 1.165) is 75.1 Å². The van der Waals surface area contributed by atoms with E-state index in [4.69, 9.17) is 9.47 Å². The number of aliphatic hydroxyl groups is 1. The van der Waals surface area contributed by atoms with Crippen LogP contribution in [0.4, 0.5) is 4.79 Å². The highest BCUT2D eigenvalue weighted by atomic mass is 32.2. The zero-order chi connectivity index (χ0) is 34.1. The van der Waals surface area contributed by atoms with Crippen LogP contribution in [0.25, 0.3) is 11.1 Å². The number of aromatic nitrogens is 1. The van der Waals surface area contributed by atoms with E-state index in [1.165, 1.54) is 37.2 Å². The maximum absolute atomic E-state index is 13.2. The van der Waals surface area contributed by atoms with Gasteiger partial charge in [-0.15, -0.1) is 0 Å². The van der Waals surface area contributed by atoms with Gasteiger partial charge in [0.15, 0.2) is 12.5 Å². The van der Waals surface area contributed by atoms with Gasteiger partial charge in [-0.1, -0.05) is 84.6 Å². The highest BCUT2D eigenvalue weighted by Gasteiger charge is 2.51. The maximum atomic E-state index is 13.2. The largest absolute Gasteiger partial charge is 0.618 e. The van der Waals surface area contributed by atoms with Gasteiger partial charge in [-0.3, -0.25) is 0 Å². The first-order chi connectivity index (χ1) is 24.4. The molecular formula is C41H45N3O5S. The van der Waals surface area contributed by atoms with Crippen molar-refractivity contribution in [3.8, 4) is 11.1 Å². The molecule has 1 aromatic heterocycles. The minimum absolute atomic E-state index is 0.0103. The average molecular weight is 692 g/mol. The van der Waals surface area contributed by atoms with Crippen molar-refractivity contribution >= 4 is 17.8 Å². The van der Waals surface area contributed by atoms with Crippen molar-refractivity contribution < 1.29 is 24.1 Å². The molecule has 1 saturated heterocycles. The number of hydrogen-bond donors (Lipinski definition) is 3. The van der Waals surface area contributed by atoms with Gasteiger partial charge in [0, 0.05) is 42.0 Å². The second kappa shape index (κ2) is 14.4. The lowest BCUT2D eigenvalue weighted by atomic mass is 9.53. The van der Waals surface area contributed by atoms with Crippen LogP contribution in [0.1, 0.15) is 79.6 Å². The molecule has 50 heavy (non-hydrogen) atoms. The summed E-state index contributed by atoms with van der Waals surface area (Å²) in [6.07, 6.45) is 8.64. The Balaban J connectivity index is 0.952. The molecule has 4 aromatic rings. The molecule has 1 aliphatic heterocycles. The number of nitrogens with one attached hydrogen (secondary N) is 2. The predicted octanol–water partition coefficient (Wildman–Crippen LogP) is 7.59. The third kappa shape index (κ3) is 7.28. The average Bonchev–Trinajstić information content (AvgIpc) is 3.13. The Morgan fingerprint density at radius 2 is 1.52 bits per heavy atom. The summed E-state index contributed by atoms with van der Waals surface area (Å²) in [5, 5.41) is 29.1. The third-order valence-electron chi connectivity index (χ3n) is 11.2. The number of ether oxygens (including phenoxy) is 2. The van der Waals surface area contributed by atoms with Crippen molar-refractivity contribution in [2.75, 3.05) is 5.75 Å². The summed E-state index contributed by atoms with van der Waals surface area (Å²) >= 11 is 1.48. The summed E-state index contributed by atoms with van der Waals surface area (Å²) in [7, 11) is 0. The van der Waals surface area contributed by atoms with Crippen LogP contribution in [-0.4, -0.2) is 28.5 Å². The molecule has 3 atom stereocenters. The lowest BCUT2D eigenvalue weighted by Gasteiger charge is -2.56. The van der Waals surface area contributed by atoms with Crippen molar-refractivity contribution in [3.63, 3.8) is 0 Å². The third-order valence-corrected chi connectivity index (χ3v) is 12.3. The van der Waals surface area contributed by atoms with Gasteiger partial charge in [-0.05, 0) is 90.2 Å². The van der Waals surface area contributed by atoms with Crippen molar-refractivity contribution in [2.45, 2.75) is 87.2 Å². The molecule has 5 aliphatic rings. The van der Waals surface area contributed by atoms with E-state index in [9.17, 15) is 15.1 Å². The smallest absolute Gasteiger partial charge is 0.315 e. The molecule has 0 spiro atoms. The minimum Gasteiger partial charge on any atom is -0.618 e. The number of pyridine rings is 1. The van der Waals surface area contributed by atoms with E-state index in [2.05, 4.69) is 34.9 Å². The Labute approximate surface area is 298 Å². The Bertz CT molecular complexity index is 1760. The molecule has 4 aliphatic carbocycles. The summed E-state index contributed by atoms with van der Waals surface area (Å²) in [4.78, 5) is 13.2. The lowest BCUT2D eigenvalue weighted by molar-refractivity contribution is -0.645. The number of nitrogens with zero attached hydrogens (tertiary/aromatic N) is 1. The number of carbonyl (C=O) groups excluding carboxylic acids is 1. The standard InChI is InChI=1S/C41H45N3O5S/c45-25-27-8-10-32(11-9-27)37-20-35(26-50-38-7-3-4-16-44(38)47)48-39(49-37)33-14-12-31(13-15-33)36-6-2-1-5-34(36)24-42-40(46)43-41-21-28-17-29(22-41)19-30(18-28)23-41/h1-16,28-30,35,37,39,45H,17-26H2,(H2,42,43,46)/t28?,29?,30?,35-,37+,39+,41?/m0/s1. The summed E-state index contributed by atoms with van der Waals surface area (Å²) in [5.74, 6) is 2.95. The van der Waals surface area contributed by atoms with Crippen molar-refractivity contribution in [1.29, 1.82) is 0 Å². The molecule has 4 bridgehead atoms. The maximum Gasteiger partial charge on any atom is 0.315 e. The van der Waals surface area contributed by atoms with E-state index in [-0.39, 0.29) is 30.4 Å². The van der Waals surface area contributed by atoms with Crippen LogP contribution in [0, 0.1) is 23.0 Å². The Kier molecular flexibility index (Phi) is 9.57. The fourth-order valence-corrected chi connectivity index (χ4v) is 10.2. The number of aliphatic hydroxyl groups excluding tert-OH is 1. The second-order valence-corrected chi connectivity index (χ2v) is 15.9.